The maximum atomic E-state index is 12.5. The molecule has 2 fully saturated rings. The number of hydrogen-bond donors (Lipinski definition) is 1. The van der Waals surface area contributed by atoms with Crippen LogP contribution in [-0.2, 0) is 28.7 Å². The van der Waals surface area contributed by atoms with Crippen LogP contribution in [0.3, 0.4) is 0 Å². The highest BCUT2D eigenvalue weighted by Crippen LogP contribution is 2.36. The SMILES string of the molecule is C[C@@H](C(=O)OCC(=O)N(C)CC(=O)NC1CC1)N1C(=O)[C@H]2CC=CC[C@H]2C1=O. The molecule has 0 bridgehead atoms. The Labute approximate surface area is 163 Å². The lowest BCUT2D eigenvalue weighted by atomic mass is 9.85. The summed E-state index contributed by atoms with van der Waals surface area (Å²) in [6.07, 6.45) is 6.61. The number of hydrogen-bond acceptors (Lipinski definition) is 6. The van der Waals surface area contributed by atoms with Gasteiger partial charge in [0, 0.05) is 13.1 Å². The standard InChI is InChI=1S/C19H25N3O6/c1-11(22-17(25)13-5-3-4-6-14(13)18(22)26)19(27)28-10-16(24)21(2)9-15(23)20-12-7-8-12/h3-4,11-14H,5-10H2,1-2H3,(H,20,23)/t11-,13-,14+/m0/s1. The van der Waals surface area contributed by atoms with Crippen molar-refractivity contribution in [1.29, 1.82) is 0 Å². The predicted octanol–water partition coefficient (Wildman–Crippen LogP) is -0.394. The maximum absolute atomic E-state index is 12.5. The molecule has 9 nitrogen and oxygen atoms in total. The summed E-state index contributed by atoms with van der Waals surface area (Å²) in [6.45, 7) is 0.739. The van der Waals surface area contributed by atoms with E-state index in [2.05, 4.69) is 5.32 Å². The van der Waals surface area contributed by atoms with E-state index < -0.39 is 36.4 Å². The molecule has 0 radical (unpaired) electrons. The highest BCUT2D eigenvalue weighted by molar-refractivity contribution is 6.08. The van der Waals surface area contributed by atoms with Crippen LogP contribution in [0.2, 0.25) is 0 Å². The molecular formula is C19H25N3O6. The Morgan fingerprint density at radius 1 is 1.18 bits per heavy atom. The average Bonchev–Trinajstić information content (AvgIpc) is 3.44. The molecule has 0 aromatic carbocycles. The zero-order valence-corrected chi connectivity index (χ0v) is 16.1. The monoisotopic (exact) mass is 391 g/mol. The van der Waals surface area contributed by atoms with Crippen molar-refractivity contribution < 1.29 is 28.7 Å². The molecule has 28 heavy (non-hydrogen) atoms. The summed E-state index contributed by atoms with van der Waals surface area (Å²) in [4.78, 5) is 63.2. The number of nitrogens with zero attached hydrogens (tertiary/aromatic N) is 2. The maximum Gasteiger partial charge on any atom is 0.329 e. The molecule has 1 aliphatic heterocycles. The molecule has 0 spiro atoms. The smallest absolute Gasteiger partial charge is 0.329 e. The van der Waals surface area contributed by atoms with E-state index in [4.69, 9.17) is 4.74 Å². The Morgan fingerprint density at radius 2 is 1.75 bits per heavy atom. The Kier molecular flexibility index (Phi) is 5.81. The molecule has 0 aromatic heterocycles. The van der Waals surface area contributed by atoms with E-state index in [1.807, 2.05) is 12.2 Å². The molecule has 3 rings (SSSR count). The van der Waals surface area contributed by atoms with E-state index >= 15 is 0 Å². The summed E-state index contributed by atoms with van der Waals surface area (Å²) in [7, 11) is 1.44. The topological polar surface area (TPSA) is 113 Å². The molecule has 1 N–H and O–H groups in total. The van der Waals surface area contributed by atoms with Gasteiger partial charge in [0.2, 0.25) is 17.7 Å². The van der Waals surface area contributed by atoms with Gasteiger partial charge in [-0.05, 0) is 32.6 Å². The second-order valence-electron chi connectivity index (χ2n) is 7.58. The first-order valence-corrected chi connectivity index (χ1v) is 9.51. The second kappa shape index (κ2) is 8.12. The number of fused-ring (bicyclic) bond motifs is 1. The summed E-state index contributed by atoms with van der Waals surface area (Å²) >= 11 is 0. The largest absolute Gasteiger partial charge is 0.454 e. The van der Waals surface area contributed by atoms with Gasteiger partial charge >= 0.3 is 5.97 Å². The number of ether oxygens (including phenoxy) is 1. The number of rotatable bonds is 7. The summed E-state index contributed by atoms with van der Waals surface area (Å²) in [5.74, 6) is -3.22. The highest BCUT2D eigenvalue weighted by Gasteiger charge is 2.50. The van der Waals surface area contributed by atoms with Crippen molar-refractivity contribution in [2.45, 2.75) is 44.7 Å². The fourth-order valence-corrected chi connectivity index (χ4v) is 3.48. The third-order valence-corrected chi connectivity index (χ3v) is 5.36. The van der Waals surface area contributed by atoms with Gasteiger partial charge in [-0.1, -0.05) is 12.2 Å². The molecule has 4 amide bonds. The Balaban J connectivity index is 1.48. The van der Waals surface area contributed by atoms with E-state index in [0.717, 1.165) is 17.7 Å². The molecule has 9 heteroatoms. The molecule has 1 heterocycles. The first kappa shape index (κ1) is 20.0. The molecule has 3 atom stereocenters. The minimum atomic E-state index is -1.10. The fraction of sp³-hybridized carbons (Fsp3) is 0.632. The highest BCUT2D eigenvalue weighted by atomic mass is 16.5. The van der Waals surface area contributed by atoms with Gasteiger partial charge in [-0.3, -0.25) is 24.1 Å². The van der Waals surface area contributed by atoms with E-state index in [1.54, 1.807) is 0 Å². The predicted molar refractivity (Wildman–Crippen MR) is 96.4 cm³/mol. The quantitative estimate of drug-likeness (QED) is 0.359. The van der Waals surface area contributed by atoms with Gasteiger partial charge in [0.15, 0.2) is 6.61 Å². The van der Waals surface area contributed by atoms with Crippen LogP contribution in [0.1, 0.15) is 32.6 Å². The lowest BCUT2D eigenvalue weighted by molar-refractivity contribution is -0.161. The lowest BCUT2D eigenvalue weighted by Gasteiger charge is -2.22. The summed E-state index contributed by atoms with van der Waals surface area (Å²) in [5, 5.41) is 2.77. The van der Waals surface area contributed by atoms with Crippen LogP contribution < -0.4 is 5.32 Å². The van der Waals surface area contributed by atoms with Crippen molar-refractivity contribution in [2.75, 3.05) is 20.2 Å². The number of likely N-dealkylation sites (tertiary alicyclic amines) is 1. The van der Waals surface area contributed by atoms with Crippen LogP contribution in [0.25, 0.3) is 0 Å². The van der Waals surface area contributed by atoms with Crippen molar-refractivity contribution in [3.63, 3.8) is 0 Å². The molecule has 152 valence electrons. The fourth-order valence-electron chi connectivity index (χ4n) is 3.48. The van der Waals surface area contributed by atoms with Crippen LogP contribution >= 0.6 is 0 Å². The van der Waals surface area contributed by atoms with Crippen LogP contribution in [0, 0.1) is 11.8 Å². The second-order valence-corrected chi connectivity index (χ2v) is 7.58. The first-order valence-electron chi connectivity index (χ1n) is 9.51. The first-order chi connectivity index (χ1) is 13.3. The third-order valence-electron chi connectivity index (χ3n) is 5.36. The number of imide groups is 1. The number of carbonyl (C=O) groups excluding carboxylic acids is 5. The molecule has 0 unspecified atom stereocenters. The number of nitrogens with one attached hydrogen (secondary N) is 1. The Hall–Kier alpha value is -2.71. The lowest BCUT2D eigenvalue weighted by Crippen LogP contribution is -2.45. The van der Waals surface area contributed by atoms with Crippen LogP contribution in [0.5, 0.6) is 0 Å². The van der Waals surface area contributed by atoms with Crippen molar-refractivity contribution in [2.24, 2.45) is 11.8 Å². The number of esters is 1. The van der Waals surface area contributed by atoms with Crippen LogP contribution in [0.4, 0.5) is 0 Å². The molecule has 1 saturated heterocycles. The van der Waals surface area contributed by atoms with E-state index in [9.17, 15) is 24.0 Å². The zero-order valence-electron chi connectivity index (χ0n) is 16.1. The summed E-state index contributed by atoms with van der Waals surface area (Å²) < 4.78 is 5.00. The molecule has 3 aliphatic rings. The molecule has 1 saturated carbocycles. The number of allylic oxidation sites excluding steroid dienone is 2. The van der Waals surface area contributed by atoms with Crippen molar-refractivity contribution in [1.82, 2.24) is 15.1 Å². The van der Waals surface area contributed by atoms with E-state index in [0.29, 0.717) is 12.8 Å². The van der Waals surface area contributed by atoms with E-state index in [-0.39, 0.29) is 30.3 Å². The van der Waals surface area contributed by atoms with Crippen molar-refractivity contribution >= 4 is 29.6 Å². The normalized spacial score (nSPS) is 24.6. The Morgan fingerprint density at radius 3 is 2.29 bits per heavy atom. The third kappa shape index (κ3) is 4.23. The number of amides is 4. The van der Waals surface area contributed by atoms with E-state index in [1.165, 1.54) is 18.9 Å². The number of carbonyl (C=O) groups is 5. The minimum Gasteiger partial charge on any atom is -0.454 e. The van der Waals surface area contributed by atoms with Crippen molar-refractivity contribution in [3.05, 3.63) is 12.2 Å². The molecule has 0 aromatic rings. The van der Waals surface area contributed by atoms with Gasteiger partial charge in [0.25, 0.3) is 5.91 Å². The van der Waals surface area contributed by atoms with Gasteiger partial charge in [0.05, 0.1) is 18.4 Å². The van der Waals surface area contributed by atoms with Gasteiger partial charge in [-0.15, -0.1) is 0 Å². The van der Waals surface area contributed by atoms with Gasteiger partial charge in [-0.25, -0.2) is 4.79 Å². The summed E-state index contributed by atoms with van der Waals surface area (Å²) in [6, 6.07) is -0.897. The molecule has 2 aliphatic carbocycles. The Bertz CT molecular complexity index is 703. The van der Waals surface area contributed by atoms with Crippen molar-refractivity contribution in [3.8, 4) is 0 Å². The average molecular weight is 391 g/mol. The van der Waals surface area contributed by atoms with Crippen LogP contribution in [0.15, 0.2) is 12.2 Å². The minimum absolute atomic E-state index is 0.123. The van der Waals surface area contributed by atoms with Crippen LogP contribution in [-0.4, -0.2) is 71.7 Å². The number of likely N-dealkylation sites (N-methyl/N-ethyl adjacent to an activating group) is 1. The van der Waals surface area contributed by atoms with Gasteiger partial charge < -0.3 is 15.0 Å². The summed E-state index contributed by atoms with van der Waals surface area (Å²) in [5.41, 5.74) is 0. The van der Waals surface area contributed by atoms with Gasteiger partial charge in [-0.2, -0.15) is 0 Å². The molecular weight excluding hydrogens is 366 g/mol. The zero-order chi connectivity index (χ0) is 20.4. The van der Waals surface area contributed by atoms with Gasteiger partial charge in [0.1, 0.15) is 6.04 Å².